The molecule has 0 fully saturated rings. The van der Waals surface area contributed by atoms with E-state index in [1.807, 2.05) is 0 Å². The van der Waals surface area contributed by atoms with Gasteiger partial charge in [0.25, 0.3) is 5.56 Å². The number of aromatic hydroxyl groups is 1. The van der Waals surface area contributed by atoms with Crippen LogP contribution in [-0.2, 0) is 6.42 Å². The van der Waals surface area contributed by atoms with E-state index in [0.29, 0.717) is 6.42 Å². The number of allylic oxidation sites excluding steroid dienone is 1. The Hall–Kier alpha value is -1.58. The van der Waals surface area contributed by atoms with Crippen molar-refractivity contribution in [1.82, 2.24) is 9.97 Å². The fraction of sp³-hybridized carbons (Fsp3) is 0.143. The molecular formula is C7H8N2O2. The van der Waals surface area contributed by atoms with E-state index in [-0.39, 0.29) is 17.0 Å². The molecule has 0 aliphatic rings. The van der Waals surface area contributed by atoms with Crippen LogP contribution in [0, 0.1) is 0 Å². The molecule has 0 saturated carbocycles. The highest BCUT2D eigenvalue weighted by molar-refractivity contribution is 5.22. The lowest BCUT2D eigenvalue weighted by molar-refractivity contribution is 0.444. The normalized spacial score (nSPS) is 9.45. The maximum Gasteiger partial charge on any atom is 0.258 e. The van der Waals surface area contributed by atoms with Crippen LogP contribution in [0.4, 0.5) is 0 Å². The van der Waals surface area contributed by atoms with Gasteiger partial charge >= 0.3 is 0 Å². The van der Waals surface area contributed by atoms with Crippen LogP contribution in [0.1, 0.15) is 5.56 Å². The van der Waals surface area contributed by atoms with E-state index in [4.69, 9.17) is 5.11 Å². The van der Waals surface area contributed by atoms with Gasteiger partial charge in [0.15, 0.2) is 0 Å². The van der Waals surface area contributed by atoms with Crippen molar-refractivity contribution in [2.75, 3.05) is 0 Å². The second-order valence-corrected chi connectivity index (χ2v) is 2.03. The molecule has 0 radical (unpaired) electrons. The molecule has 1 aromatic heterocycles. The van der Waals surface area contributed by atoms with Gasteiger partial charge in [-0.25, -0.2) is 4.98 Å². The van der Waals surface area contributed by atoms with Crippen LogP contribution in [0.2, 0.25) is 0 Å². The third-order valence-corrected chi connectivity index (χ3v) is 1.27. The van der Waals surface area contributed by atoms with Gasteiger partial charge in [0.05, 0.1) is 11.9 Å². The molecule has 0 spiro atoms. The summed E-state index contributed by atoms with van der Waals surface area (Å²) in [6, 6.07) is 0. The van der Waals surface area contributed by atoms with E-state index in [2.05, 4.69) is 16.5 Å². The third-order valence-electron chi connectivity index (χ3n) is 1.27. The molecule has 0 amide bonds. The predicted molar refractivity (Wildman–Crippen MR) is 40.4 cm³/mol. The molecule has 58 valence electrons. The van der Waals surface area contributed by atoms with E-state index in [9.17, 15) is 4.79 Å². The van der Waals surface area contributed by atoms with Gasteiger partial charge in [-0.1, -0.05) is 6.08 Å². The quantitative estimate of drug-likeness (QED) is 0.595. The first-order valence-corrected chi connectivity index (χ1v) is 3.12. The van der Waals surface area contributed by atoms with Crippen LogP contribution in [0.15, 0.2) is 23.8 Å². The van der Waals surface area contributed by atoms with E-state index >= 15 is 0 Å². The number of rotatable bonds is 2. The number of nitrogens with one attached hydrogen (secondary N) is 1. The minimum atomic E-state index is -0.322. The average molecular weight is 152 g/mol. The topological polar surface area (TPSA) is 66.0 Å². The van der Waals surface area contributed by atoms with Crippen LogP contribution >= 0.6 is 0 Å². The van der Waals surface area contributed by atoms with Crippen LogP contribution in [0.3, 0.4) is 0 Å². The first kappa shape index (κ1) is 7.53. The van der Waals surface area contributed by atoms with Gasteiger partial charge < -0.3 is 10.1 Å². The number of aromatic nitrogens is 2. The molecule has 1 aromatic rings. The fourth-order valence-electron chi connectivity index (χ4n) is 0.747. The summed E-state index contributed by atoms with van der Waals surface area (Å²) in [5.41, 5.74) is -0.0695. The lowest BCUT2D eigenvalue weighted by atomic mass is 10.2. The Balaban J connectivity index is 3.20. The highest BCUT2D eigenvalue weighted by Gasteiger charge is 2.03. The predicted octanol–water partition coefficient (Wildman–Crippen LogP) is 0.204. The van der Waals surface area contributed by atoms with Gasteiger partial charge in [-0.3, -0.25) is 4.79 Å². The second-order valence-electron chi connectivity index (χ2n) is 2.03. The summed E-state index contributed by atoms with van der Waals surface area (Å²) in [6.07, 6.45) is 3.02. The highest BCUT2D eigenvalue weighted by Crippen LogP contribution is 2.06. The Labute approximate surface area is 63.2 Å². The first-order chi connectivity index (χ1) is 5.25. The number of aromatic amines is 1. The van der Waals surface area contributed by atoms with Gasteiger partial charge in [-0.15, -0.1) is 6.58 Å². The van der Waals surface area contributed by atoms with Crippen molar-refractivity contribution in [3.05, 3.63) is 34.9 Å². The zero-order chi connectivity index (χ0) is 8.27. The van der Waals surface area contributed by atoms with Gasteiger partial charge in [-0.05, 0) is 0 Å². The Bertz CT molecular complexity index is 316. The lowest BCUT2D eigenvalue weighted by Gasteiger charge is -1.95. The first-order valence-electron chi connectivity index (χ1n) is 3.12. The van der Waals surface area contributed by atoms with Gasteiger partial charge in [-0.2, -0.15) is 0 Å². The lowest BCUT2D eigenvalue weighted by Crippen LogP contribution is -2.11. The van der Waals surface area contributed by atoms with Crippen LogP contribution in [0.25, 0.3) is 0 Å². The summed E-state index contributed by atoms with van der Waals surface area (Å²) in [5.74, 6) is -0.228. The number of H-pyrrole nitrogens is 1. The van der Waals surface area contributed by atoms with E-state index in [0.717, 1.165) is 6.33 Å². The molecule has 11 heavy (non-hydrogen) atoms. The fourth-order valence-corrected chi connectivity index (χ4v) is 0.747. The molecular weight excluding hydrogens is 144 g/mol. The standard InChI is InChI=1S/C7H8N2O2/c1-2-3-5-6(10)8-4-9-7(5)11/h2,4H,1,3H2,(H2,8,9,10,11). The molecule has 0 aromatic carbocycles. The number of nitrogens with zero attached hydrogens (tertiary/aromatic N) is 1. The molecule has 0 aliphatic heterocycles. The minimum absolute atomic E-state index is 0.228. The van der Waals surface area contributed by atoms with Gasteiger partial charge in [0.1, 0.15) is 0 Å². The summed E-state index contributed by atoms with van der Waals surface area (Å²) in [4.78, 5) is 16.8. The van der Waals surface area contributed by atoms with Crippen molar-refractivity contribution in [3.63, 3.8) is 0 Å². The maximum absolute atomic E-state index is 10.9. The summed E-state index contributed by atoms with van der Waals surface area (Å²) in [6.45, 7) is 3.45. The molecule has 0 aliphatic carbocycles. The molecule has 1 rings (SSSR count). The zero-order valence-corrected chi connectivity index (χ0v) is 5.87. The Kier molecular flexibility index (Phi) is 2.06. The summed E-state index contributed by atoms with van der Waals surface area (Å²) in [5, 5.41) is 9.04. The highest BCUT2D eigenvalue weighted by atomic mass is 16.3. The average Bonchev–Trinajstić information content (AvgIpc) is 1.97. The summed E-state index contributed by atoms with van der Waals surface area (Å²) in [7, 11) is 0. The molecule has 4 nitrogen and oxygen atoms in total. The van der Waals surface area contributed by atoms with Gasteiger partial charge in [0.2, 0.25) is 5.88 Å². The Morgan fingerprint density at radius 2 is 2.55 bits per heavy atom. The number of hydrogen-bond donors (Lipinski definition) is 2. The van der Waals surface area contributed by atoms with Crippen molar-refractivity contribution >= 4 is 0 Å². The zero-order valence-electron chi connectivity index (χ0n) is 5.87. The number of hydrogen-bond acceptors (Lipinski definition) is 3. The van der Waals surface area contributed by atoms with Crippen molar-refractivity contribution in [2.45, 2.75) is 6.42 Å². The Morgan fingerprint density at radius 1 is 1.82 bits per heavy atom. The largest absolute Gasteiger partial charge is 0.493 e. The van der Waals surface area contributed by atoms with E-state index < -0.39 is 0 Å². The molecule has 0 atom stereocenters. The third kappa shape index (κ3) is 1.46. The van der Waals surface area contributed by atoms with Crippen LogP contribution in [-0.4, -0.2) is 15.1 Å². The molecule has 2 N–H and O–H groups in total. The van der Waals surface area contributed by atoms with E-state index in [1.54, 1.807) is 0 Å². The van der Waals surface area contributed by atoms with Crippen LogP contribution in [0.5, 0.6) is 5.88 Å². The molecule has 0 bridgehead atoms. The monoisotopic (exact) mass is 152 g/mol. The van der Waals surface area contributed by atoms with Crippen molar-refractivity contribution in [2.24, 2.45) is 0 Å². The SMILES string of the molecule is C=CCc1c(O)nc[nH]c1=O. The molecule has 0 unspecified atom stereocenters. The molecule has 0 saturated heterocycles. The van der Waals surface area contributed by atoms with Crippen molar-refractivity contribution < 1.29 is 5.11 Å². The van der Waals surface area contributed by atoms with Crippen molar-refractivity contribution in [3.8, 4) is 5.88 Å². The summed E-state index contributed by atoms with van der Waals surface area (Å²) < 4.78 is 0. The smallest absolute Gasteiger partial charge is 0.258 e. The molecule has 1 heterocycles. The Morgan fingerprint density at radius 3 is 3.09 bits per heavy atom. The minimum Gasteiger partial charge on any atom is -0.493 e. The van der Waals surface area contributed by atoms with E-state index in [1.165, 1.54) is 6.08 Å². The maximum atomic E-state index is 10.9. The molecule has 4 heteroatoms. The van der Waals surface area contributed by atoms with Gasteiger partial charge in [0, 0.05) is 6.42 Å². The second kappa shape index (κ2) is 3.01. The van der Waals surface area contributed by atoms with Crippen LogP contribution < -0.4 is 5.56 Å². The van der Waals surface area contributed by atoms with Crippen molar-refractivity contribution in [1.29, 1.82) is 0 Å². The summed E-state index contributed by atoms with van der Waals surface area (Å²) >= 11 is 0.